The first-order valence-electron chi connectivity index (χ1n) is 5.00. The van der Waals surface area contributed by atoms with Crippen LogP contribution < -0.4 is 5.73 Å². The van der Waals surface area contributed by atoms with Crippen LogP contribution in [-0.2, 0) is 6.42 Å². The zero-order chi connectivity index (χ0) is 9.84. The highest BCUT2D eigenvalue weighted by atomic mass is 14.6. The second-order valence-electron chi connectivity index (χ2n) is 3.75. The van der Waals surface area contributed by atoms with Crippen molar-refractivity contribution >= 4 is 5.69 Å². The summed E-state index contributed by atoms with van der Waals surface area (Å²) in [4.78, 5) is 0. The summed E-state index contributed by atoms with van der Waals surface area (Å²) in [7, 11) is 0. The fourth-order valence-corrected chi connectivity index (χ4v) is 1.59. The highest BCUT2D eigenvalue weighted by Crippen LogP contribution is 2.19. The Kier molecular flexibility index (Phi) is 3.35. The van der Waals surface area contributed by atoms with Crippen molar-refractivity contribution in [3.05, 3.63) is 28.8 Å². The molecule has 0 spiro atoms. The SMILES string of the molecule is CCCCc1cc(C)c(N)c(C)c1. The highest BCUT2D eigenvalue weighted by Gasteiger charge is 2.00. The molecule has 1 rings (SSSR count). The van der Waals surface area contributed by atoms with Crippen molar-refractivity contribution in [1.82, 2.24) is 0 Å². The van der Waals surface area contributed by atoms with Crippen LogP contribution in [0.3, 0.4) is 0 Å². The van der Waals surface area contributed by atoms with Crippen LogP contribution in [0.1, 0.15) is 36.5 Å². The molecule has 0 aliphatic carbocycles. The normalized spacial score (nSPS) is 10.4. The van der Waals surface area contributed by atoms with E-state index in [9.17, 15) is 0 Å². The first-order chi connectivity index (χ1) is 6.15. The Balaban J connectivity index is 2.86. The number of hydrogen-bond acceptors (Lipinski definition) is 1. The Labute approximate surface area is 81.0 Å². The fraction of sp³-hybridized carbons (Fsp3) is 0.500. The fourth-order valence-electron chi connectivity index (χ4n) is 1.59. The minimum Gasteiger partial charge on any atom is -0.398 e. The van der Waals surface area contributed by atoms with Gasteiger partial charge >= 0.3 is 0 Å². The van der Waals surface area contributed by atoms with Crippen LogP contribution in [-0.4, -0.2) is 0 Å². The van der Waals surface area contributed by atoms with E-state index in [-0.39, 0.29) is 0 Å². The molecule has 0 aromatic heterocycles. The topological polar surface area (TPSA) is 26.0 Å². The van der Waals surface area contributed by atoms with Crippen LogP contribution in [0, 0.1) is 13.8 Å². The molecule has 0 unspecified atom stereocenters. The molecule has 0 saturated carbocycles. The second kappa shape index (κ2) is 4.31. The Morgan fingerprint density at radius 3 is 2.15 bits per heavy atom. The molecule has 0 aliphatic heterocycles. The molecule has 0 aliphatic rings. The molecule has 0 fully saturated rings. The van der Waals surface area contributed by atoms with E-state index in [2.05, 4.69) is 32.9 Å². The summed E-state index contributed by atoms with van der Waals surface area (Å²) in [5.74, 6) is 0. The maximum absolute atomic E-state index is 5.88. The molecule has 0 saturated heterocycles. The van der Waals surface area contributed by atoms with Gasteiger partial charge in [0.25, 0.3) is 0 Å². The van der Waals surface area contributed by atoms with Crippen molar-refractivity contribution in [2.45, 2.75) is 40.0 Å². The highest BCUT2D eigenvalue weighted by molar-refractivity contribution is 5.54. The third-order valence-corrected chi connectivity index (χ3v) is 2.47. The average Bonchev–Trinajstić information content (AvgIpc) is 2.10. The maximum Gasteiger partial charge on any atom is 0.0373 e. The van der Waals surface area contributed by atoms with Crippen molar-refractivity contribution in [2.24, 2.45) is 0 Å². The maximum atomic E-state index is 5.88. The van der Waals surface area contributed by atoms with E-state index in [1.54, 1.807) is 0 Å². The van der Waals surface area contributed by atoms with Crippen molar-refractivity contribution < 1.29 is 0 Å². The van der Waals surface area contributed by atoms with Crippen LogP contribution in [0.25, 0.3) is 0 Å². The first kappa shape index (κ1) is 10.1. The van der Waals surface area contributed by atoms with Crippen molar-refractivity contribution in [3.8, 4) is 0 Å². The lowest BCUT2D eigenvalue weighted by molar-refractivity contribution is 0.794. The second-order valence-corrected chi connectivity index (χ2v) is 3.75. The minimum absolute atomic E-state index is 0.945. The zero-order valence-electron chi connectivity index (χ0n) is 8.85. The Hall–Kier alpha value is -0.980. The van der Waals surface area contributed by atoms with Crippen molar-refractivity contribution in [1.29, 1.82) is 0 Å². The van der Waals surface area contributed by atoms with Gasteiger partial charge in [-0.15, -0.1) is 0 Å². The molecule has 0 atom stereocenters. The summed E-state index contributed by atoms with van der Waals surface area (Å²) in [6.45, 7) is 6.38. The van der Waals surface area contributed by atoms with Gasteiger partial charge in [0.05, 0.1) is 0 Å². The van der Waals surface area contributed by atoms with Crippen molar-refractivity contribution in [3.63, 3.8) is 0 Å². The number of benzene rings is 1. The predicted molar refractivity (Wildman–Crippen MR) is 58.9 cm³/mol. The predicted octanol–water partition coefficient (Wildman–Crippen LogP) is 3.23. The van der Waals surface area contributed by atoms with Crippen LogP contribution >= 0.6 is 0 Å². The third kappa shape index (κ3) is 2.48. The van der Waals surface area contributed by atoms with E-state index < -0.39 is 0 Å². The first-order valence-corrected chi connectivity index (χ1v) is 5.00. The van der Waals surface area contributed by atoms with Gasteiger partial charge in [0.1, 0.15) is 0 Å². The number of anilines is 1. The van der Waals surface area contributed by atoms with Gasteiger partial charge in [-0.1, -0.05) is 25.5 Å². The number of aryl methyl sites for hydroxylation is 3. The molecule has 1 aromatic rings. The van der Waals surface area contributed by atoms with Gasteiger partial charge in [0.15, 0.2) is 0 Å². The van der Waals surface area contributed by atoms with Gasteiger partial charge in [-0.25, -0.2) is 0 Å². The van der Waals surface area contributed by atoms with E-state index in [1.807, 2.05) is 0 Å². The summed E-state index contributed by atoms with van der Waals surface area (Å²) in [5, 5.41) is 0. The number of nitrogens with two attached hydrogens (primary N) is 1. The van der Waals surface area contributed by atoms with E-state index in [1.165, 1.54) is 36.0 Å². The van der Waals surface area contributed by atoms with E-state index >= 15 is 0 Å². The lowest BCUT2D eigenvalue weighted by Gasteiger charge is -2.08. The monoisotopic (exact) mass is 177 g/mol. The van der Waals surface area contributed by atoms with Crippen LogP contribution in [0.5, 0.6) is 0 Å². The molecular formula is C12H19N. The molecule has 0 amide bonds. The molecular weight excluding hydrogens is 158 g/mol. The van der Waals surface area contributed by atoms with Gasteiger partial charge in [-0.2, -0.15) is 0 Å². The van der Waals surface area contributed by atoms with Gasteiger partial charge in [-0.3, -0.25) is 0 Å². The van der Waals surface area contributed by atoms with Gasteiger partial charge in [0.2, 0.25) is 0 Å². The quantitative estimate of drug-likeness (QED) is 0.705. The lowest BCUT2D eigenvalue weighted by Crippen LogP contribution is -1.96. The summed E-state index contributed by atoms with van der Waals surface area (Å²) in [6.07, 6.45) is 3.70. The molecule has 0 heterocycles. The van der Waals surface area contributed by atoms with Gasteiger partial charge in [-0.05, 0) is 43.4 Å². The number of rotatable bonds is 3. The molecule has 0 bridgehead atoms. The number of nitrogen functional groups attached to an aromatic ring is 1. The zero-order valence-corrected chi connectivity index (χ0v) is 8.85. The Morgan fingerprint density at radius 2 is 1.69 bits per heavy atom. The minimum atomic E-state index is 0.945. The molecule has 13 heavy (non-hydrogen) atoms. The largest absolute Gasteiger partial charge is 0.398 e. The summed E-state index contributed by atoms with van der Waals surface area (Å²) < 4.78 is 0. The number of unbranched alkanes of at least 4 members (excludes halogenated alkanes) is 1. The number of hydrogen-bond donors (Lipinski definition) is 1. The van der Waals surface area contributed by atoms with E-state index in [4.69, 9.17) is 5.73 Å². The van der Waals surface area contributed by atoms with Gasteiger partial charge < -0.3 is 5.73 Å². The molecule has 1 heteroatoms. The van der Waals surface area contributed by atoms with Gasteiger partial charge in [0, 0.05) is 5.69 Å². The smallest absolute Gasteiger partial charge is 0.0373 e. The molecule has 1 aromatic carbocycles. The van der Waals surface area contributed by atoms with E-state index in [0.29, 0.717) is 0 Å². The Bertz CT molecular complexity index is 266. The summed E-state index contributed by atoms with van der Waals surface area (Å²) >= 11 is 0. The summed E-state index contributed by atoms with van der Waals surface area (Å²) in [6, 6.07) is 4.41. The molecule has 2 N–H and O–H groups in total. The average molecular weight is 177 g/mol. The molecule has 0 radical (unpaired) electrons. The lowest BCUT2D eigenvalue weighted by atomic mass is 10.0. The molecule has 72 valence electrons. The third-order valence-electron chi connectivity index (χ3n) is 2.47. The Morgan fingerprint density at radius 1 is 1.15 bits per heavy atom. The van der Waals surface area contributed by atoms with Crippen molar-refractivity contribution in [2.75, 3.05) is 5.73 Å². The summed E-state index contributed by atoms with van der Waals surface area (Å²) in [5.41, 5.74) is 10.7. The van der Waals surface area contributed by atoms with Crippen LogP contribution in [0.15, 0.2) is 12.1 Å². The van der Waals surface area contributed by atoms with E-state index in [0.717, 1.165) is 5.69 Å². The van der Waals surface area contributed by atoms with Crippen LogP contribution in [0.2, 0.25) is 0 Å². The standard InChI is InChI=1S/C12H19N/c1-4-5-6-11-7-9(2)12(13)10(3)8-11/h7-8H,4-6,13H2,1-3H3. The van der Waals surface area contributed by atoms with Crippen LogP contribution in [0.4, 0.5) is 5.69 Å². The molecule has 1 nitrogen and oxygen atoms in total.